The van der Waals surface area contributed by atoms with Gasteiger partial charge in [0, 0.05) is 5.92 Å². The zero-order valence-electron chi connectivity index (χ0n) is 16.2. The molecule has 1 saturated heterocycles. The number of rotatable bonds is 5. The van der Waals surface area contributed by atoms with Crippen LogP contribution in [0.5, 0.6) is 0 Å². The number of halogens is 5. The maximum absolute atomic E-state index is 14.8. The largest absolute Gasteiger partial charge is 0.386 e. The number of benzene rings is 1. The van der Waals surface area contributed by atoms with Crippen molar-refractivity contribution in [1.82, 2.24) is 0 Å². The van der Waals surface area contributed by atoms with Gasteiger partial charge in [0.05, 0.1) is 29.9 Å². The molecule has 3 rings (SSSR count). The van der Waals surface area contributed by atoms with Crippen molar-refractivity contribution in [3.05, 3.63) is 34.6 Å². The van der Waals surface area contributed by atoms with Crippen molar-refractivity contribution >= 4 is 0 Å². The molecule has 28 heavy (non-hydrogen) atoms. The van der Waals surface area contributed by atoms with E-state index in [1.54, 1.807) is 0 Å². The van der Waals surface area contributed by atoms with Crippen molar-refractivity contribution in [2.24, 2.45) is 5.92 Å². The summed E-state index contributed by atoms with van der Waals surface area (Å²) in [4.78, 5) is 0. The van der Waals surface area contributed by atoms with E-state index in [1.165, 1.54) is 6.07 Å². The summed E-state index contributed by atoms with van der Waals surface area (Å²) in [7, 11) is 0. The molecule has 1 aromatic rings. The average Bonchev–Trinajstić information content (AvgIpc) is 2.63. The molecule has 0 spiro atoms. The Balaban J connectivity index is 1.86. The van der Waals surface area contributed by atoms with E-state index >= 15 is 0 Å². The second-order valence-corrected chi connectivity index (χ2v) is 8.17. The van der Waals surface area contributed by atoms with Crippen LogP contribution in [0.15, 0.2) is 12.1 Å². The minimum Gasteiger partial charge on any atom is -0.378 e. The molecular weight excluding hydrogens is 379 g/mol. The first-order valence-electron chi connectivity index (χ1n) is 9.97. The van der Waals surface area contributed by atoms with Crippen LogP contribution in [0.1, 0.15) is 81.4 Å². The topological polar surface area (TPSA) is 18.5 Å². The maximum Gasteiger partial charge on any atom is 0.386 e. The first kappa shape index (κ1) is 21.5. The van der Waals surface area contributed by atoms with Crippen LogP contribution in [-0.4, -0.2) is 18.8 Å². The normalized spacial score (nSPS) is 29.3. The lowest BCUT2D eigenvalue weighted by Gasteiger charge is -2.31. The molecule has 2 fully saturated rings. The van der Waals surface area contributed by atoms with Gasteiger partial charge in [-0.1, -0.05) is 13.0 Å². The Hall–Kier alpha value is -1.21. The molecule has 2 nitrogen and oxygen atoms in total. The van der Waals surface area contributed by atoms with Gasteiger partial charge in [-0.2, -0.15) is 8.78 Å². The Morgan fingerprint density at radius 3 is 2.29 bits per heavy atom. The number of alkyl halides is 4. The van der Waals surface area contributed by atoms with E-state index in [1.807, 2.05) is 13.8 Å². The van der Waals surface area contributed by atoms with Gasteiger partial charge in [-0.05, 0) is 63.0 Å². The molecule has 1 aliphatic carbocycles. The van der Waals surface area contributed by atoms with Gasteiger partial charge in [-0.3, -0.25) is 0 Å². The van der Waals surface area contributed by atoms with Gasteiger partial charge in [-0.25, -0.2) is 13.2 Å². The Morgan fingerprint density at radius 1 is 1.04 bits per heavy atom. The molecule has 2 aliphatic rings. The smallest absolute Gasteiger partial charge is 0.378 e. The molecule has 2 atom stereocenters. The molecule has 2 unspecified atom stereocenters. The molecule has 7 heteroatoms. The van der Waals surface area contributed by atoms with Crippen molar-refractivity contribution in [2.75, 3.05) is 6.61 Å². The summed E-state index contributed by atoms with van der Waals surface area (Å²) in [6.07, 6.45) is -4.22. The second kappa shape index (κ2) is 8.66. The lowest BCUT2D eigenvalue weighted by atomic mass is 9.87. The molecule has 0 bridgehead atoms. The van der Waals surface area contributed by atoms with E-state index in [-0.39, 0.29) is 18.3 Å². The summed E-state index contributed by atoms with van der Waals surface area (Å²) in [5, 5.41) is 0. The Kier molecular flexibility index (Phi) is 6.65. The Morgan fingerprint density at radius 2 is 1.71 bits per heavy atom. The molecule has 1 heterocycles. The second-order valence-electron chi connectivity index (χ2n) is 8.17. The van der Waals surface area contributed by atoms with Gasteiger partial charge >= 0.3 is 6.11 Å². The lowest BCUT2D eigenvalue weighted by molar-refractivity contribution is -0.279. The first-order chi connectivity index (χ1) is 13.2. The predicted octanol–water partition coefficient (Wildman–Crippen LogP) is 6.69. The Bertz CT molecular complexity index is 663. The molecule has 1 aliphatic heterocycles. The quantitative estimate of drug-likeness (QED) is 0.507. The molecule has 0 amide bonds. The number of ether oxygens (including phenoxy) is 2. The van der Waals surface area contributed by atoms with Crippen LogP contribution in [0.2, 0.25) is 0 Å². The van der Waals surface area contributed by atoms with E-state index < -0.39 is 41.5 Å². The van der Waals surface area contributed by atoms with Crippen molar-refractivity contribution in [2.45, 2.75) is 83.0 Å². The minimum atomic E-state index is -3.95. The third kappa shape index (κ3) is 4.67. The van der Waals surface area contributed by atoms with E-state index in [2.05, 4.69) is 0 Å². The maximum atomic E-state index is 14.8. The van der Waals surface area contributed by atoms with Crippen molar-refractivity contribution in [1.29, 1.82) is 0 Å². The van der Waals surface area contributed by atoms with Crippen molar-refractivity contribution < 1.29 is 31.4 Å². The standard InChI is InChI=1S/C21H27F5O2/c1-12-3-7-15(8-4-12)28-21(25,26)17-10-9-16(18(19(17)22)20(23)24)14-6-5-13(2)27-11-14/h9-10,12-15,20H,3-8,11H2,1-2H3. The highest BCUT2D eigenvalue weighted by molar-refractivity contribution is 5.39. The highest BCUT2D eigenvalue weighted by atomic mass is 19.3. The van der Waals surface area contributed by atoms with Crippen LogP contribution in [0, 0.1) is 11.7 Å². The summed E-state index contributed by atoms with van der Waals surface area (Å²) in [6.45, 7) is 4.09. The Labute approximate surface area is 162 Å². The molecule has 0 N–H and O–H groups in total. The zero-order chi connectivity index (χ0) is 20.5. The molecule has 1 aromatic carbocycles. The predicted molar refractivity (Wildman–Crippen MR) is 95.1 cm³/mol. The van der Waals surface area contributed by atoms with E-state index in [0.717, 1.165) is 18.9 Å². The fourth-order valence-electron chi connectivity index (χ4n) is 4.16. The third-order valence-electron chi connectivity index (χ3n) is 5.97. The van der Waals surface area contributed by atoms with Gasteiger partial charge in [0.15, 0.2) is 0 Å². The molecular formula is C21H27F5O2. The molecule has 1 saturated carbocycles. The van der Waals surface area contributed by atoms with E-state index in [0.29, 0.717) is 31.6 Å². The van der Waals surface area contributed by atoms with Crippen molar-refractivity contribution in [3.63, 3.8) is 0 Å². The summed E-state index contributed by atoms with van der Waals surface area (Å²) in [5.41, 5.74) is -2.03. The SMILES string of the molecule is CC1CCC(OC(F)(F)c2ccc(C3CCC(C)OC3)c(C(F)F)c2F)CC1. The summed E-state index contributed by atoms with van der Waals surface area (Å²) in [6, 6.07) is 2.07. The lowest BCUT2D eigenvalue weighted by Crippen LogP contribution is -2.30. The fourth-order valence-corrected chi connectivity index (χ4v) is 4.16. The van der Waals surface area contributed by atoms with Gasteiger partial charge in [-0.15, -0.1) is 0 Å². The highest BCUT2D eigenvalue weighted by Gasteiger charge is 2.42. The van der Waals surface area contributed by atoms with Crippen LogP contribution in [0.25, 0.3) is 0 Å². The minimum absolute atomic E-state index is 0.00585. The number of hydrogen-bond donors (Lipinski definition) is 0. The monoisotopic (exact) mass is 406 g/mol. The van der Waals surface area contributed by atoms with Gasteiger partial charge < -0.3 is 9.47 Å². The van der Waals surface area contributed by atoms with Gasteiger partial charge in [0.2, 0.25) is 0 Å². The van der Waals surface area contributed by atoms with Crippen LogP contribution in [-0.2, 0) is 15.6 Å². The van der Waals surface area contributed by atoms with Gasteiger partial charge in [0.1, 0.15) is 5.82 Å². The van der Waals surface area contributed by atoms with Crippen LogP contribution < -0.4 is 0 Å². The van der Waals surface area contributed by atoms with Gasteiger partial charge in [0.25, 0.3) is 6.43 Å². The van der Waals surface area contributed by atoms with Crippen LogP contribution >= 0.6 is 0 Å². The highest BCUT2D eigenvalue weighted by Crippen LogP contribution is 2.42. The van der Waals surface area contributed by atoms with E-state index in [4.69, 9.17) is 9.47 Å². The van der Waals surface area contributed by atoms with Crippen LogP contribution in [0.3, 0.4) is 0 Å². The third-order valence-corrected chi connectivity index (χ3v) is 5.97. The first-order valence-corrected chi connectivity index (χ1v) is 9.97. The molecule has 0 aromatic heterocycles. The summed E-state index contributed by atoms with van der Waals surface area (Å²) in [5.74, 6) is -1.56. The fraction of sp³-hybridized carbons (Fsp3) is 0.714. The summed E-state index contributed by atoms with van der Waals surface area (Å²) >= 11 is 0. The molecule has 158 valence electrons. The van der Waals surface area contributed by atoms with Crippen LogP contribution in [0.4, 0.5) is 22.0 Å². The molecule has 0 radical (unpaired) electrons. The zero-order valence-corrected chi connectivity index (χ0v) is 16.2. The van der Waals surface area contributed by atoms with Crippen molar-refractivity contribution in [3.8, 4) is 0 Å². The summed E-state index contributed by atoms with van der Waals surface area (Å²) < 4.78 is 81.7. The van der Waals surface area contributed by atoms with E-state index in [9.17, 15) is 22.0 Å². The average molecular weight is 406 g/mol. The number of hydrogen-bond acceptors (Lipinski definition) is 2.